The molecule has 8 heteroatoms. The molecule has 0 aliphatic carbocycles. The maximum absolute atomic E-state index is 13.1. The van der Waals surface area contributed by atoms with Gasteiger partial charge >= 0.3 is 0 Å². The summed E-state index contributed by atoms with van der Waals surface area (Å²) in [4.78, 5) is 25.9. The smallest absolute Gasteiger partial charge is 0.262 e. The molecule has 1 aliphatic heterocycles. The van der Waals surface area contributed by atoms with Crippen LogP contribution in [-0.2, 0) is 32.6 Å². The van der Waals surface area contributed by atoms with Crippen LogP contribution in [0.2, 0.25) is 0 Å². The summed E-state index contributed by atoms with van der Waals surface area (Å²) in [7, 11) is -3.84. The maximum Gasteiger partial charge on any atom is 0.262 e. The molecule has 2 aromatic rings. The zero-order valence-corrected chi connectivity index (χ0v) is 19.2. The number of benzene rings is 2. The fraction of sp³-hybridized carbons (Fsp3) is 0.391. The van der Waals surface area contributed by atoms with Crippen molar-refractivity contribution in [3.8, 4) is 0 Å². The van der Waals surface area contributed by atoms with E-state index < -0.39 is 15.4 Å². The average molecular weight is 444 g/mol. The monoisotopic (exact) mass is 443 g/mol. The van der Waals surface area contributed by atoms with Crippen molar-refractivity contribution in [3.63, 3.8) is 0 Å². The minimum Gasteiger partial charge on any atom is -0.338 e. The van der Waals surface area contributed by atoms with Crippen molar-refractivity contribution in [3.05, 3.63) is 53.6 Å². The van der Waals surface area contributed by atoms with Gasteiger partial charge in [0.15, 0.2) is 0 Å². The van der Waals surface area contributed by atoms with E-state index in [4.69, 9.17) is 0 Å². The molecule has 0 saturated carbocycles. The largest absolute Gasteiger partial charge is 0.338 e. The van der Waals surface area contributed by atoms with Crippen molar-refractivity contribution in [1.82, 2.24) is 4.90 Å². The molecular weight excluding hydrogens is 414 g/mol. The third-order valence-electron chi connectivity index (χ3n) is 5.86. The van der Waals surface area contributed by atoms with E-state index in [2.05, 4.69) is 10.0 Å². The molecule has 0 bridgehead atoms. The van der Waals surface area contributed by atoms with E-state index in [-0.39, 0.29) is 23.3 Å². The van der Waals surface area contributed by atoms with Gasteiger partial charge in [0.25, 0.3) is 10.0 Å². The normalized spacial score (nSPS) is 14.0. The molecule has 0 fully saturated rings. The van der Waals surface area contributed by atoms with Gasteiger partial charge in [-0.3, -0.25) is 14.3 Å². The second-order valence-electron chi connectivity index (χ2n) is 8.46. The van der Waals surface area contributed by atoms with Crippen LogP contribution in [0, 0.1) is 5.41 Å². The molecule has 2 N–H and O–H groups in total. The van der Waals surface area contributed by atoms with Crippen LogP contribution < -0.4 is 10.0 Å². The Morgan fingerprint density at radius 1 is 1.06 bits per heavy atom. The molecule has 1 aliphatic rings. The summed E-state index contributed by atoms with van der Waals surface area (Å²) in [5.74, 6) is -0.163. The predicted molar refractivity (Wildman–Crippen MR) is 121 cm³/mol. The van der Waals surface area contributed by atoms with Crippen molar-refractivity contribution in [2.75, 3.05) is 16.6 Å². The summed E-state index contributed by atoms with van der Waals surface area (Å²) in [6, 6.07) is 11.8. The fourth-order valence-corrected chi connectivity index (χ4v) is 4.70. The minimum absolute atomic E-state index is 0.0744. The highest BCUT2D eigenvalue weighted by Gasteiger charge is 2.27. The van der Waals surface area contributed by atoms with E-state index >= 15 is 0 Å². The lowest BCUT2D eigenvalue weighted by Crippen LogP contribution is -2.35. The number of hydrogen-bond donors (Lipinski definition) is 2. The third kappa shape index (κ3) is 5.07. The van der Waals surface area contributed by atoms with E-state index in [1.807, 2.05) is 26.8 Å². The summed E-state index contributed by atoms with van der Waals surface area (Å²) in [5.41, 5.74) is 2.10. The van der Waals surface area contributed by atoms with Crippen LogP contribution in [0.25, 0.3) is 0 Å². The summed E-state index contributed by atoms with van der Waals surface area (Å²) < 4.78 is 28.8. The fourth-order valence-electron chi connectivity index (χ4n) is 3.36. The lowest BCUT2D eigenvalue weighted by atomic mass is 9.89. The molecule has 0 aromatic heterocycles. The van der Waals surface area contributed by atoms with E-state index in [1.165, 1.54) is 6.92 Å². The highest BCUT2D eigenvalue weighted by atomic mass is 32.2. The van der Waals surface area contributed by atoms with Crippen LogP contribution in [0.5, 0.6) is 0 Å². The molecule has 166 valence electrons. The van der Waals surface area contributed by atoms with Crippen LogP contribution in [0.4, 0.5) is 11.4 Å². The number of anilines is 2. The van der Waals surface area contributed by atoms with Crippen LogP contribution in [0.15, 0.2) is 47.4 Å². The Balaban J connectivity index is 1.79. The Morgan fingerprint density at radius 2 is 1.71 bits per heavy atom. The van der Waals surface area contributed by atoms with Crippen molar-refractivity contribution < 1.29 is 18.0 Å². The minimum atomic E-state index is -3.84. The molecule has 2 amide bonds. The number of amides is 2. The van der Waals surface area contributed by atoms with Crippen molar-refractivity contribution in [1.29, 1.82) is 0 Å². The number of carbonyl (C=O) groups excluding carboxylic acids is 2. The Bertz CT molecular complexity index is 1090. The number of nitrogens with one attached hydrogen (secondary N) is 2. The maximum atomic E-state index is 13.1. The van der Waals surface area contributed by atoms with Gasteiger partial charge in [-0.15, -0.1) is 0 Å². The van der Waals surface area contributed by atoms with E-state index in [0.29, 0.717) is 36.3 Å². The first-order valence-corrected chi connectivity index (χ1v) is 11.8. The number of nitrogens with zero attached hydrogens (tertiary/aromatic N) is 1. The van der Waals surface area contributed by atoms with E-state index in [1.54, 1.807) is 41.3 Å². The van der Waals surface area contributed by atoms with Crippen LogP contribution in [-0.4, -0.2) is 31.7 Å². The van der Waals surface area contributed by atoms with E-state index in [9.17, 15) is 18.0 Å². The van der Waals surface area contributed by atoms with Gasteiger partial charge in [-0.25, -0.2) is 8.42 Å². The Hall–Kier alpha value is -2.87. The van der Waals surface area contributed by atoms with Gasteiger partial charge in [-0.1, -0.05) is 32.9 Å². The summed E-state index contributed by atoms with van der Waals surface area (Å²) in [5, 5.41) is 2.86. The average Bonchev–Trinajstić information content (AvgIpc) is 2.73. The molecular formula is C23H29N3O4S. The van der Waals surface area contributed by atoms with Gasteiger partial charge in [0.2, 0.25) is 11.8 Å². The van der Waals surface area contributed by atoms with E-state index in [0.717, 1.165) is 5.56 Å². The molecule has 1 heterocycles. The van der Waals surface area contributed by atoms with Crippen LogP contribution >= 0.6 is 0 Å². The Labute approximate surface area is 183 Å². The number of rotatable bonds is 6. The van der Waals surface area contributed by atoms with Crippen LogP contribution in [0.3, 0.4) is 0 Å². The first kappa shape index (κ1) is 22.8. The second-order valence-corrected chi connectivity index (χ2v) is 10.1. The number of hydrogen-bond acceptors (Lipinski definition) is 4. The molecule has 0 saturated heterocycles. The SMILES string of the molecule is CCC(C)(C)C(=O)Nc1ccc(NS(=O)(=O)c2cccc3c2CN(C(C)=O)CC3)cc1. The standard InChI is InChI=1S/C23H29N3O4S/c1-5-23(3,4)22(28)24-18-9-11-19(12-10-18)25-31(29,30)21-8-6-7-17-13-14-26(16(2)27)15-20(17)21/h6-12,25H,5,13-15H2,1-4H3,(H,24,28). The van der Waals surface area contributed by atoms with Gasteiger partial charge in [-0.05, 0) is 54.3 Å². The van der Waals surface area contributed by atoms with Gasteiger partial charge in [0.05, 0.1) is 4.90 Å². The van der Waals surface area contributed by atoms with Gasteiger partial charge in [0.1, 0.15) is 0 Å². The summed E-state index contributed by atoms with van der Waals surface area (Å²) in [6.07, 6.45) is 1.33. The van der Waals surface area contributed by atoms with Gasteiger partial charge < -0.3 is 10.2 Å². The zero-order valence-electron chi connectivity index (χ0n) is 18.4. The first-order valence-electron chi connectivity index (χ1n) is 10.3. The second kappa shape index (κ2) is 8.70. The quantitative estimate of drug-likeness (QED) is 0.710. The lowest BCUT2D eigenvalue weighted by Gasteiger charge is -2.29. The topological polar surface area (TPSA) is 95.6 Å². The van der Waals surface area contributed by atoms with Gasteiger partial charge in [0, 0.05) is 36.8 Å². The van der Waals surface area contributed by atoms with Gasteiger partial charge in [-0.2, -0.15) is 0 Å². The molecule has 0 spiro atoms. The molecule has 0 atom stereocenters. The van der Waals surface area contributed by atoms with Crippen LogP contribution in [0.1, 0.15) is 45.2 Å². The molecule has 7 nitrogen and oxygen atoms in total. The number of fused-ring (bicyclic) bond motifs is 1. The predicted octanol–water partition coefficient (Wildman–Crippen LogP) is 3.77. The molecule has 2 aromatic carbocycles. The highest BCUT2D eigenvalue weighted by molar-refractivity contribution is 7.92. The Kier molecular flexibility index (Phi) is 6.40. The number of carbonyl (C=O) groups is 2. The third-order valence-corrected chi connectivity index (χ3v) is 7.32. The summed E-state index contributed by atoms with van der Waals surface area (Å²) in [6.45, 7) is 8.05. The number of sulfonamides is 1. The van der Waals surface area contributed by atoms with Crippen molar-refractivity contribution in [2.45, 2.75) is 52.0 Å². The molecule has 31 heavy (non-hydrogen) atoms. The van der Waals surface area contributed by atoms with Crippen molar-refractivity contribution in [2.24, 2.45) is 5.41 Å². The first-order chi connectivity index (χ1) is 14.5. The van der Waals surface area contributed by atoms with Crippen molar-refractivity contribution >= 4 is 33.2 Å². The molecule has 3 rings (SSSR count). The zero-order chi connectivity index (χ0) is 22.8. The summed E-state index contributed by atoms with van der Waals surface area (Å²) >= 11 is 0. The highest BCUT2D eigenvalue weighted by Crippen LogP contribution is 2.28. The molecule has 0 radical (unpaired) electrons. The Morgan fingerprint density at radius 3 is 2.32 bits per heavy atom. The lowest BCUT2D eigenvalue weighted by molar-refractivity contribution is -0.129. The molecule has 0 unspecified atom stereocenters.